The number of fused-ring (bicyclic) bond motifs is 1. The number of anilines is 2. The Labute approximate surface area is 112 Å². The summed E-state index contributed by atoms with van der Waals surface area (Å²) in [6, 6.07) is 7.84. The van der Waals surface area contributed by atoms with Crippen LogP contribution in [0.25, 0.3) is 11.0 Å². The molecule has 2 aromatic heterocycles. The van der Waals surface area contributed by atoms with E-state index in [4.69, 9.17) is 11.5 Å². The molecule has 19 heavy (non-hydrogen) atoms. The molecule has 0 radical (unpaired) electrons. The van der Waals surface area contributed by atoms with Crippen molar-refractivity contribution in [3.05, 3.63) is 30.1 Å². The fourth-order valence-corrected chi connectivity index (χ4v) is 2.39. The van der Waals surface area contributed by atoms with Gasteiger partial charge in [0.15, 0.2) is 5.16 Å². The zero-order valence-corrected chi connectivity index (χ0v) is 10.7. The van der Waals surface area contributed by atoms with E-state index in [1.165, 1.54) is 11.8 Å². The highest BCUT2D eigenvalue weighted by Crippen LogP contribution is 2.21. The van der Waals surface area contributed by atoms with E-state index in [9.17, 15) is 0 Å². The smallest absolute Gasteiger partial charge is 0.225 e. The first-order chi connectivity index (χ1) is 9.20. The van der Waals surface area contributed by atoms with Gasteiger partial charge >= 0.3 is 0 Å². The van der Waals surface area contributed by atoms with E-state index in [0.29, 0.717) is 11.6 Å². The molecular weight excluding hydrogens is 262 g/mol. The monoisotopic (exact) mass is 273 g/mol. The van der Waals surface area contributed by atoms with Crippen LogP contribution in [0.1, 0.15) is 5.82 Å². The molecule has 0 bridgehead atoms. The van der Waals surface area contributed by atoms with Crippen LogP contribution in [-0.4, -0.2) is 24.9 Å². The van der Waals surface area contributed by atoms with E-state index in [2.05, 4.69) is 24.9 Å². The Morgan fingerprint density at radius 1 is 1.00 bits per heavy atom. The molecule has 0 saturated carbocycles. The maximum Gasteiger partial charge on any atom is 0.225 e. The van der Waals surface area contributed by atoms with Crippen molar-refractivity contribution in [3.8, 4) is 0 Å². The standard InChI is InChI=1S/C11H11N7S/c12-9-16-8(17-10(13)18-9)5-19-11-14-6-3-1-2-4-7(6)15-11/h1-4H,5H2,(H,14,15)(H4,12,13,16,17,18). The number of nitrogen functional groups attached to an aromatic ring is 2. The van der Waals surface area contributed by atoms with Crippen LogP contribution in [0, 0.1) is 0 Å². The van der Waals surface area contributed by atoms with Gasteiger partial charge < -0.3 is 16.5 Å². The minimum Gasteiger partial charge on any atom is -0.368 e. The molecule has 1 aromatic carbocycles. The second-order valence-electron chi connectivity index (χ2n) is 3.82. The number of benzene rings is 1. The fourth-order valence-electron chi connectivity index (χ4n) is 1.65. The van der Waals surface area contributed by atoms with Gasteiger partial charge in [-0.05, 0) is 12.1 Å². The Hall–Kier alpha value is -2.35. The van der Waals surface area contributed by atoms with Crippen molar-refractivity contribution in [3.63, 3.8) is 0 Å². The van der Waals surface area contributed by atoms with Crippen molar-refractivity contribution in [2.45, 2.75) is 10.9 Å². The second kappa shape index (κ2) is 4.73. The van der Waals surface area contributed by atoms with Crippen LogP contribution in [0.3, 0.4) is 0 Å². The molecule has 0 unspecified atom stereocenters. The summed E-state index contributed by atoms with van der Waals surface area (Å²) >= 11 is 1.49. The highest BCUT2D eigenvalue weighted by Gasteiger charge is 2.06. The summed E-state index contributed by atoms with van der Waals surface area (Å²) in [4.78, 5) is 19.4. The number of hydrogen-bond donors (Lipinski definition) is 3. The van der Waals surface area contributed by atoms with Gasteiger partial charge in [-0.2, -0.15) is 15.0 Å². The first-order valence-electron chi connectivity index (χ1n) is 5.54. The molecular formula is C11H11N7S. The van der Waals surface area contributed by atoms with Gasteiger partial charge in [0.25, 0.3) is 0 Å². The lowest BCUT2D eigenvalue weighted by Gasteiger charge is -2.00. The van der Waals surface area contributed by atoms with Crippen molar-refractivity contribution < 1.29 is 0 Å². The van der Waals surface area contributed by atoms with Crippen LogP contribution in [0.4, 0.5) is 11.9 Å². The Kier molecular flexibility index (Phi) is 2.92. The van der Waals surface area contributed by atoms with Gasteiger partial charge in [0.2, 0.25) is 11.9 Å². The van der Waals surface area contributed by atoms with Gasteiger partial charge in [-0.15, -0.1) is 0 Å². The van der Waals surface area contributed by atoms with E-state index in [0.717, 1.165) is 16.2 Å². The van der Waals surface area contributed by atoms with Crippen LogP contribution in [0.2, 0.25) is 0 Å². The summed E-state index contributed by atoms with van der Waals surface area (Å²) in [5, 5.41) is 0.804. The maximum absolute atomic E-state index is 5.51. The summed E-state index contributed by atoms with van der Waals surface area (Å²) in [6.45, 7) is 0. The zero-order valence-electron chi connectivity index (χ0n) is 9.87. The molecule has 0 aliphatic carbocycles. The van der Waals surface area contributed by atoms with Gasteiger partial charge in [-0.3, -0.25) is 0 Å². The number of aromatic amines is 1. The zero-order chi connectivity index (χ0) is 13.2. The number of thioether (sulfide) groups is 1. The van der Waals surface area contributed by atoms with E-state index in [1.807, 2.05) is 24.3 Å². The lowest BCUT2D eigenvalue weighted by molar-refractivity contribution is 0.981. The summed E-state index contributed by atoms with van der Waals surface area (Å²) in [6.07, 6.45) is 0. The summed E-state index contributed by atoms with van der Waals surface area (Å²) < 4.78 is 0. The second-order valence-corrected chi connectivity index (χ2v) is 4.78. The third-order valence-corrected chi connectivity index (χ3v) is 3.29. The number of para-hydroxylation sites is 2. The number of imidazole rings is 1. The van der Waals surface area contributed by atoms with Gasteiger partial charge in [-0.25, -0.2) is 4.98 Å². The first-order valence-corrected chi connectivity index (χ1v) is 6.53. The number of rotatable bonds is 3. The summed E-state index contributed by atoms with van der Waals surface area (Å²) in [7, 11) is 0. The third-order valence-electron chi connectivity index (χ3n) is 2.42. The SMILES string of the molecule is Nc1nc(N)nc(CSc2nc3ccccc3[nH]2)n1. The molecule has 96 valence electrons. The molecule has 0 aliphatic rings. The van der Waals surface area contributed by atoms with Crippen LogP contribution in [-0.2, 0) is 5.75 Å². The van der Waals surface area contributed by atoms with Crippen LogP contribution < -0.4 is 11.5 Å². The molecule has 0 fully saturated rings. The van der Waals surface area contributed by atoms with Crippen molar-refractivity contribution in [1.82, 2.24) is 24.9 Å². The molecule has 3 rings (SSSR count). The molecule has 0 saturated heterocycles. The van der Waals surface area contributed by atoms with Crippen LogP contribution in [0.5, 0.6) is 0 Å². The number of aromatic nitrogens is 5. The number of nitrogens with zero attached hydrogens (tertiary/aromatic N) is 4. The van der Waals surface area contributed by atoms with Gasteiger partial charge in [0.05, 0.1) is 16.8 Å². The molecule has 0 amide bonds. The molecule has 3 aromatic rings. The average molecular weight is 273 g/mol. The number of nitrogens with two attached hydrogens (primary N) is 2. The molecule has 0 spiro atoms. The lowest BCUT2D eigenvalue weighted by atomic mass is 10.3. The topological polar surface area (TPSA) is 119 Å². The van der Waals surface area contributed by atoms with Crippen molar-refractivity contribution in [2.24, 2.45) is 0 Å². The maximum atomic E-state index is 5.51. The molecule has 7 nitrogen and oxygen atoms in total. The first kappa shape index (κ1) is 11.7. The third kappa shape index (κ3) is 2.58. The summed E-state index contributed by atoms with van der Waals surface area (Å²) in [5.74, 6) is 1.33. The van der Waals surface area contributed by atoms with E-state index < -0.39 is 0 Å². The summed E-state index contributed by atoms with van der Waals surface area (Å²) in [5.41, 5.74) is 13.0. The Bertz CT molecular complexity index is 671. The largest absolute Gasteiger partial charge is 0.368 e. The fraction of sp³-hybridized carbons (Fsp3) is 0.0909. The molecule has 5 N–H and O–H groups in total. The molecule has 0 atom stereocenters. The Balaban J connectivity index is 1.78. The highest BCUT2D eigenvalue weighted by molar-refractivity contribution is 7.98. The van der Waals surface area contributed by atoms with Crippen molar-refractivity contribution in [1.29, 1.82) is 0 Å². The van der Waals surface area contributed by atoms with Gasteiger partial charge in [0, 0.05) is 0 Å². The molecule has 8 heteroatoms. The van der Waals surface area contributed by atoms with Crippen LogP contribution in [0.15, 0.2) is 29.4 Å². The van der Waals surface area contributed by atoms with Crippen LogP contribution >= 0.6 is 11.8 Å². The minimum atomic E-state index is 0.132. The average Bonchev–Trinajstić information content (AvgIpc) is 2.78. The Morgan fingerprint density at radius 2 is 1.74 bits per heavy atom. The number of H-pyrrole nitrogens is 1. The molecule has 0 aliphatic heterocycles. The number of nitrogens with one attached hydrogen (secondary N) is 1. The highest BCUT2D eigenvalue weighted by atomic mass is 32.2. The van der Waals surface area contributed by atoms with E-state index in [1.54, 1.807) is 0 Å². The lowest BCUT2D eigenvalue weighted by Crippen LogP contribution is -2.05. The van der Waals surface area contributed by atoms with E-state index >= 15 is 0 Å². The van der Waals surface area contributed by atoms with Crippen molar-refractivity contribution >= 4 is 34.7 Å². The number of hydrogen-bond acceptors (Lipinski definition) is 7. The van der Waals surface area contributed by atoms with Crippen molar-refractivity contribution in [2.75, 3.05) is 11.5 Å². The molecule has 2 heterocycles. The van der Waals surface area contributed by atoms with Gasteiger partial charge in [0.1, 0.15) is 5.82 Å². The minimum absolute atomic E-state index is 0.132. The predicted octanol–water partition coefficient (Wildman–Crippen LogP) is 1.20. The van der Waals surface area contributed by atoms with E-state index in [-0.39, 0.29) is 11.9 Å². The Morgan fingerprint density at radius 3 is 2.47 bits per heavy atom. The quantitative estimate of drug-likeness (QED) is 0.613. The normalized spacial score (nSPS) is 10.9. The van der Waals surface area contributed by atoms with Gasteiger partial charge in [-0.1, -0.05) is 23.9 Å². The predicted molar refractivity (Wildman–Crippen MR) is 74.3 cm³/mol.